The summed E-state index contributed by atoms with van der Waals surface area (Å²) in [5, 5.41) is 18.2. The largest absolute Gasteiger partial charge is 0.479 e. The molecule has 0 saturated carbocycles. The molecule has 3 atom stereocenters. The summed E-state index contributed by atoms with van der Waals surface area (Å²) in [5.41, 5.74) is -0.146. The number of halogens is 2. The summed E-state index contributed by atoms with van der Waals surface area (Å²) in [6, 6.07) is 2.41. The van der Waals surface area contributed by atoms with Gasteiger partial charge in [0.25, 0.3) is 0 Å². The zero-order valence-electron chi connectivity index (χ0n) is 9.93. The lowest BCUT2D eigenvalue weighted by Gasteiger charge is -2.21. The van der Waals surface area contributed by atoms with Crippen LogP contribution in [0.15, 0.2) is 18.2 Å². The third kappa shape index (κ3) is 3.75. The lowest BCUT2D eigenvalue weighted by Crippen LogP contribution is -2.28. The molecule has 6 heteroatoms. The van der Waals surface area contributed by atoms with Crippen LogP contribution >= 0.6 is 0 Å². The van der Waals surface area contributed by atoms with E-state index in [1.165, 1.54) is 13.8 Å². The Balaban J connectivity index is 3.01. The molecule has 0 amide bonds. The van der Waals surface area contributed by atoms with Gasteiger partial charge in [0, 0.05) is 6.07 Å². The molecule has 0 bridgehead atoms. The van der Waals surface area contributed by atoms with Crippen molar-refractivity contribution < 1.29 is 28.5 Å². The van der Waals surface area contributed by atoms with Crippen molar-refractivity contribution in [2.24, 2.45) is 0 Å². The topological polar surface area (TPSA) is 66.8 Å². The van der Waals surface area contributed by atoms with Gasteiger partial charge in [-0.05, 0) is 31.5 Å². The van der Waals surface area contributed by atoms with Crippen LogP contribution in [0.1, 0.15) is 25.5 Å². The molecular formula is C12H14F2O4. The fourth-order valence-electron chi connectivity index (χ4n) is 1.33. The van der Waals surface area contributed by atoms with Crippen LogP contribution in [0.2, 0.25) is 0 Å². The maximum absolute atomic E-state index is 13.0. The number of aliphatic hydroxyl groups excluding tert-OH is 1. The van der Waals surface area contributed by atoms with Crippen molar-refractivity contribution in [1.82, 2.24) is 0 Å². The molecular weight excluding hydrogens is 246 g/mol. The number of benzene rings is 1. The second kappa shape index (κ2) is 5.88. The first-order chi connectivity index (χ1) is 8.31. The Labute approximate surface area is 103 Å². The van der Waals surface area contributed by atoms with Crippen LogP contribution < -0.4 is 0 Å². The van der Waals surface area contributed by atoms with E-state index in [1.54, 1.807) is 0 Å². The molecule has 1 aromatic rings. The van der Waals surface area contributed by atoms with E-state index in [2.05, 4.69) is 0 Å². The lowest BCUT2D eigenvalue weighted by atomic mass is 10.1. The molecule has 0 spiro atoms. The molecule has 1 aromatic carbocycles. The maximum atomic E-state index is 13.0. The van der Waals surface area contributed by atoms with E-state index < -0.39 is 35.9 Å². The smallest absolute Gasteiger partial charge is 0.337 e. The van der Waals surface area contributed by atoms with Gasteiger partial charge in [0.2, 0.25) is 0 Å². The third-order valence-electron chi connectivity index (χ3n) is 2.44. The Hall–Kier alpha value is -1.53. The van der Waals surface area contributed by atoms with Gasteiger partial charge in [-0.1, -0.05) is 0 Å². The number of carboxylic acids is 1. The SMILES string of the molecule is CC(O)C(C)OC(C(=O)O)c1cc(F)cc(F)c1. The Morgan fingerprint density at radius 3 is 2.11 bits per heavy atom. The van der Waals surface area contributed by atoms with E-state index in [4.69, 9.17) is 9.84 Å². The quantitative estimate of drug-likeness (QED) is 0.848. The first-order valence-electron chi connectivity index (χ1n) is 5.33. The summed E-state index contributed by atoms with van der Waals surface area (Å²) in [6.45, 7) is 2.89. The second-order valence-electron chi connectivity index (χ2n) is 4.00. The molecule has 18 heavy (non-hydrogen) atoms. The summed E-state index contributed by atoms with van der Waals surface area (Å²) in [4.78, 5) is 11.0. The Bertz CT molecular complexity index is 414. The van der Waals surface area contributed by atoms with E-state index in [-0.39, 0.29) is 5.56 Å². The number of ether oxygens (including phenoxy) is 1. The minimum atomic E-state index is -1.53. The molecule has 0 fully saturated rings. The number of carboxylic acid groups (broad SMARTS) is 1. The number of hydrogen-bond acceptors (Lipinski definition) is 3. The summed E-state index contributed by atoms with van der Waals surface area (Å²) >= 11 is 0. The van der Waals surface area contributed by atoms with E-state index in [1.807, 2.05) is 0 Å². The Kier molecular flexibility index (Phi) is 4.75. The van der Waals surface area contributed by atoms with E-state index >= 15 is 0 Å². The van der Waals surface area contributed by atoms with Crippen LogP contribution in [0.25, 0.3) is 0 Å². The number of rotatable bonds is 5. The van der Waals surface area contributed by atoms with Crippen LogP contribution in [0.4, 0.5) is 8.78 Å². The highest BCUT2D eigenvalue weighted by Crippen LogP contribution is 2.22. The number of carbonyl (C=O) groups is 1. The molecule has 0 radical (unpaired) electrons. The summed E-state index contributed by atoms with van der Waals surface area (Å²) in [5.74, 6) is -3.15. The fourth-order valence-corrected chi connectivity index (χ4v) is 1.33. The van der Waals surface area contributed by atoms with Crippen molar-refractivity contribution >= 4 is 5.97 Å². The second-order valence-corrected chi connectivity index (χ2v) is 4.00. The Morgan fingerprint density at radius 1 is 1.22 bits per heavy atom. The average molecular weight is 260 g/mol. The first-order valence-corrected chi connectivity index (χ1v) is 5.33. The van der Waals surface area contributed by atoms with Gasteiger partial charge in [-0.25, -0.2) is 13.6 Å². The van der Waals surface area contributed by atoms with Crippen LogP contribution in [0, 0.1) is 11.6 Å². The van der Waals surface area contributed by atoms with Gasteiger partial charge in [0.15, 0.2) is 6.10 Å². The molecule has 2 N–H and O–H groups in total. The van der Waals surface area contributed by atoms with E-state index in [0.29, 0.717) is 6.07 Å². The summed E-state index contributed by atoms with van der Waals surface area (Å²) in [7, 11) is 0. The van der Waals surface area contributed by atoms with Gasteiger partial charge in [-0.2, -0.15) is 0 Å². The van der Waals surface area contributed by atoms with Crippen molar-refractivity contribution in [2.75, 3.05) is 0 Å². The molecule has 0 aliphatic carbocycles. The van der Waals surface area contributed by atoms with Gasteiger partial charge in [0.05, 0.1) is 12.2 Å². The molecule has 4 nitrogen and oxygen atoms in total. The van der Waals surface area contributed by atoms with Crippen LogP contribution in [-0.2, 0) is 9.53 Å². The van der Waals surface area contributed by atoms with Gasteiger partial charge in [-0.15, -0.1) is 0 Å². The van der Waals surface area contributed by atoms with Gasteiger partial charge in [0.1, 0.15) is 11.6 Å². The predicted molar refractivity (Wildman–Crippen MR) is 59.0 cm³/mol. The molecule has 3 unspecified atom stereocenters. The van der Waals surface area contributed by atoms with Gasteiger partial charge in [-0.3, -0.25) is 0 Å². The number of aliphatic carboxylic acids is 1. The van der Waals surface area contributed by atoms with Crippen LogP contribution in [0.5, 0.6) is 0 Å². The number of hydrogen-bond donors (Lipinski definition) is 2. The minimum Gasteiger partial charge on any atom is -0.479 e. The van der Waals surface area contributed by atoms with Crippen molar-refractivity contribution in [3.63, 3.8) is 0 Å². The normalized spacial score (nSPS) is 16.1. The van der Waals surface area contributed by atoms with Gasteiger partial charge < -0.3 is 14.9 Å². The maximum Gasteiger partial charge on any atom is 0.337 e. The van der Waals surface area contributed by atoms with Crippen molar-refractivity contribution in [3.05, 3.63) is 35.4 Å². The molecule has 0 aliphatic heterocycles. The predicted octanol–water partition coefficient (Wildman–Crippen LogP) is 1.88. The van der Waals surface area contributed by atoms with E-state index in [9.17, 15) is 18.7 Å². The standard InChI is InChI=1S/C12H14F2O4/c1-6(15)7(2)18-11(12(16)17)8-3-9(13)5-10(14)4-8/h3-7,11,15H,1-2H3,(H,16,17). The third-order valence-corrected chi connectivity index (χ3v) is 2.44. The molecule has 1 rings (SSSR count). The molecule has 100 valence electrons. The summed E-state index contributed by atoms with van der Waals surface area (Å²) < 4.78 is 31.1. The zero-order valence-corrected chi connectivity index (χ0v) is 9.93. The monoisotopic (exact) mass is 260 g/mol. The Morgan fingerprint density at radius 2 is 1.72 bits per heavy atom. The molecule has 0 saturated heterocycles. The van der Waals surface area contributed by atoms with Gasteiger partial charge >= 0.3 is 5.97 Å². The van der Waals surface area contributed by atoms with Crippen LogP contribution in [-0.4, -0.2) is 28.4 Å². The molecule has 0 heterocycles. The highest BCUT2D eigenvalue weighted by molar-refractivity contribution is 5.74. The summed E-state index contributed by atoms with van der Waals surface area (Å²) in [6.07, 6.45) is -3.21. The number of aliphatic hydroxyl groups is 1. The molecule has 0 aliphatic rings. The highest BCUT2D eigenvalue weighted by Gasteiger charge is 2.26. The van der Waals surface area contributed by atoms with Crippen molar-refractivity contribution in [1.29, 1.82) is 0 Å². The zero-order chi connectivity index (χ0) is 13.9. The highest BCUT2D eigenvalue weighted by atomic mass is 19.1. The van der Waals surface area contributed by atoms with E-state index in [0.717, 1.165) is 12.1 Å². The van der Waals surface area contributed by atoms with Crippen molar-refractivity contribution in [2.45, 2.75) is 32.2 Å². The first kappa shape index (κ1) is 14.5. The fraction of sp³-hybridized carbons (Fsp3) is 0.417. The average Bonchev–Trinajstić information content (AvgIpc) is 2.23. The molecule has 0 aromatic heterocycles. The lowest BCUT2D eigenvalue weighted by molar-refractivity contribution is -0.158. The van der Waals surface area contributed by atoms with Crippen molar-refractivity contribution in [3.8, 4) is 0 Å². The minimum absolute atomic E-state index is 0.146. The van der Waals surface area contributed by atoms with Crippen LogP contribution in [0.3, 0.4) is 0 Å².